The molecule has 1 amide bonds. The van der Waals surface area contributed by atoms with E-state index < -0.39 is 0 Å². The van der Waals surface area contributed by atoms with Crippen LogP contribution in [0.5, 0.6) is 5.75 Å². The fourth-order valence-electron chi connectivity index (χ4n) is 3.96. The van der Waals surface area contributed by atoms with Crippen LogP contribution >= 0.6 is 0 Å². The fraction of sp³-hybridized carbons (Fsp3) is 0.269. The van der Waals surface area contributed by atoms with Gasteiger partial charge in [-0.15, -0.1) is 0 Å². The summed E-state index contributed by atoms with van der Waals surface area (Å²) >= 11 is 0. The summed E-state index contributed by atoms with van der Waals surface area (Å²) in [5.74, 6) is 0.871. The maximum absolute atomic E-state index is 13.0. The molecule has 0 saturated carbocycles. The summed E-state index contributed by atoms with van der Waals surface area (Å²) < 4.78 is 10.4. The minimum atomic E-state index is 0.00782. The lowest BCUT2D eigenvalue weighted by atomic mass is 9.95. The van der Waals surface area contributed by atoms with E-state index in [2.05, 4.69) is 22.1 Å². The lowest BCUT2D eigenvalue weighted by molar-refractivity contribution is -0.121. The van der Waals surface area contributed by atoms with Crippen molar-refractivity contribution in [2.45, 2.75) is 19.4 Å². The van der Waals surface area contributed by atoms with Crippen LogP contribution in [0.2, 0.25) is 0 Å². The van der Waals surface area contributed by atoms with Crippen LogP contribution in [0.4, 0.5) is 11.4 Å². The molecule has 2 N–H and O–H groups in total. The molecule has 2 aromatic carbocycles. The monoisotopic (exact) mass is 431 g/mol. The van der Waals surface area contributed by atoms with Gasteiger partial charge in [0.15, 0.2) is 0 Å². The lowest BCUT2D eigenvalue weighted by Crippen LogP contribution is -2.37. The maximum atomic E-state index is 13.0. The molecule has 0 radical (unpaired) electrons. The van der Waals surface area contributed by atoms with Crippen LogP contribution in [0, 0.1) is 5.92 Å². The van der Waals surface area contributed by atoms with Crippen molar-refractivity contribution in [3.05, 3.63) is 84.8 Å². The summed E-state index contributed by atoms with van der Waals surface area (Å²) in [7, 11) is 1.64. The largest absolute Gasteiger partial charge is 0.497 e. The molecule has 1 aliphatic rings. The van der Waals surface area contributed by atoms with Gasteiger partial charge >= 0.3 is 0 Å². The topological polar surface area (TPSA) is 66.7 Å². The van der Waals surface area contributed by atoms with Crippen molar-refractivity contribution in [1.29, 1.82) is 0 Å². The predicted molar refractivity (Wildman–Crippen MR) is 127 cm³/mol. The lowest BCUT2D eigenvalue weighted by Gasteiger charge is -2.31. The quantitative estimate of drug-likeness (QED) is 0.512. The second kappa shape index (κ2) is 10.2. The number of anilines is 2. The molecule has 0 spiro atoms. The first kappa shape index (κ1) is 21.7. The van der Waals surface area contributed by atoms with Crippen LogP contribution in [0.15, 0.2) is 78.1 Å². The van der Waals surface area contributed by atoms with Gasteiger partial charge in [-0.05, 0) is 74.0 Å². The molecule has 1 aromatic heterocycles. The highest BCUT2D eigenvalue weighted by Gasteiger charge is 2.25. The van der Waals surface area contributed by atoms with Crippen molar-refractivity contribution in [2.75, 3.05) is 30.8 Å². The molecular weight excluding hydrogens is 402 g/mol. The van der Waals surface area contributed by atoms with Crippen molar-refractivity contribution >= 4 is 23.0 Å². The summed E-state index contributed by atoms with van der Waals surface area (Å²) in [4.78, 5) is 15.3. The minimum absolute atomic E-state index is 0.00782. The van der Waals surface area contributed by atoms with Crippen molar-refractivity contribution < 1.29 is 13.9 Å². The first-order chi connectivity index (χ1) is 15.6. The van der Waals surface area contributed by atoms with Gasteiger partial charge in [0.1, 0.15) is 5.75 Å². The highest BCUT2D eigenvalue weighted by molar-refractivity contribution is 5.97. The number of hydrogen-bond acceptors (Lipinski definition) is 5. The molecule has 1 fully saturated rings. The van der Waals surface area contributed by atoms with Crippen molar-refractivity contribution in [3.8, 4) is 5.75 Å². The number of methoxy groups -OCH3 is 1. The normalized spacial score (nSPS) is 14.7. The van der Waals surface area contributed by atoms with E-state index in [4.69, 9.17) is 9.15 Å². The summed E-state index contributed by atoms with van der Waals surface area (Å²) in [5.41, 5.74) is 4.45. The summed E-state index contributed by atoms with van der Waals surface area (Å²) in [6.07, 6.45) is 5.17. The molecule has 1 aliphatic heterocycles. The Balaban J connectivity index is 1.34. The Morgan fingerprint density at radius 2 is 1.75 bits per heavy atom. The van der Waals surface area contributed by atoms with E-state index in [0.29, 0.717) is 0 Å². The van der Waals surface area contributed by atoms with Gasteiger partial charge < -0.3 is 19.8 Å². The second-order valence-electron chi connectivity index (χ2n) is 8.05. The van der Waals surface area contributed by atoms with E-state index >= 15 is 0 Å². The Labute approximate surface area is 188 Å². The van der Waals surface area contributed by atoms with Gasteiger partial charge in [-0.1, -0.05) is 18.7 Å². The van der Waals surface area contributed by atoms with Gasteiger partial charge in [-0.2, -0.15) is 0 Å². The van der Waals surface area contributed by atoms with E-state index in [9.17, 15) is 4.79 Å². The van der Waals surface area contributed by atoms with E-state index in [0.717, 1.165) is 60.9 Å². The summed E-state index contributed by atoms with van der Waals surface area (Å²) in [6.45, 7) is 6.81. The third-order valence-electron chi connectivity index (χ3n) is 5.85. The van der Waals surface area contributed by atoms with Crippen LogP contribution < -0.4 is 15.4 Å². The molecule has 3 aromatic rings. The zero-order valence-corrected chi connectivity index (χ0v) is 18.3. The molecule has 0 unspecified atom stereocenters. The number of benzene rings is 2. The number of likely N-dealkylation sites (tertiary alicyclic amines) is 1. The second-order valence-corrected chi connectivity index (χ2v) is 8.05. The number of furan rings is 1. The van der Waals surface area contributed by atoms with Crippen molar-refractivity contribution in [1.82, 2.24) is 4.90 Å². The molecular formula is C26H29N3O3. The number of piperidine rings is 1. The van der Waals surface area contributed by atoms with E-state index in [1.807, 2.05) is 54.6 Å². The smallest absolute Gasteiger partial charge is 0.227 e. The highest BCUT2D eigenvalue weighted by atomic mass is 16.5. The number of para-hydroxylation sites is 2. The van der Waals surface area contributed by atoms with Crippen molar-refractivity contribution in [3.63, 3.8) is 0 Å². The average molecular weight is 432 g/mol. The predicted octanol–water partition coefficient (Wildman–Crippen LogP) is 5.22. The van der Waals surface area contributed by atoms with Gasteiger partial charge in [-0.3, -0.25) is 9.69 Å². The first-order valence-electron chi connectivity index (χ1n) is 10.9. The number of nitrogens with zero attached hydrogens (tertiary/aromatic N) is 1. The van der Waals surface area contributed by atoms with E-state index in [1.54, 1.807) is 19.6 Å². The molecule has 6 heteroatoms. The third kappa shape index (κ3) is 5.39. The number of amides is 1. The van der Waals surface area contributed by atoms with E-state index in [-0.39, 0.29) is 11.8 Å². The highest BCUT2D eigenvalue weighted by Crippen LogP contribution is 2.28. The number of hydrogen-bond donors (Lipinski definition) is 2. The molecule has 4 rings (SSSR count). The van der Waals surface area contributed by atoms with Gasteiger partial charge in [0, 0.05) is 23.7 Å². The number of carbonyl (C=O) groups excluding carboxylic acids is 1. The standard InChI is InChI=1S/C26H29N3O3/c1-19(21-7-9-23(31-2)10-8-21)27-24-5-3-4-6-25(24)28-26(30)22-11-14-29(15-12-22)17-20-13-16-32-18-20/h3-10,13,16,18,22,27H,1,11-12,14-15,17H2,2H3,(H,28,30). The number of carbonyl (C=O) groups is 1. The average Bonchev–Trinajstić information content (AvgIpc) is 3.34. The summed E-state index contributed by atoms with van der Waals surface area (Å²) in [6, 6.07) is 17.4. The zero-order chi connectivity index (χ0) is 22.3. The molecule has 0 aliphatic carbocycles. The van der Waals surface area contributed by atoms with Gasteiger partial charge in [-0.25, -0.2) is 0 Å². The molecule has 2 heterocycles. The Bertz CT molecular complexity index is 1040. The minimum Gasteiger partial charge on any atom is -0.497 e. The van der Waals surface area contributed by atoms with Crippen LogP contribution in [-0.4, -0.2) is 31.0 Å². The Kier molecular flexibility index (Phi) is 6.92. The molecule has 0 bridgehead atoms. The van der Waals surface area contributed by atoms with Gasteiger partial charge in [0.2, 0.25) is 5.91 Å². The van der Waals surface area contributed by atoms with Crippen LogP contribution in [-0.2, 0) is 11.3 Å². The van der Waals surface area contributed by atoms with Crippen LogP contribution in [0.3, 0.4) is 0 Å². The first-order valence-corrected chi connectivity index (χ1v) is 10.9. The Morgan fingerprint density at radius 1 is 1.06 bits per heavy atom. The number of ether oxygens (including phenoxy) is 1. The number of nitrogens with one attached hydrogen (secondary N) is 2. The molecule has 32 heavy (non-hydrogen) atoms. The Morgan fingerprint density at radius 3 is 2.38 bits per heavy atom. The molecule has 166 valence electrons. The molecule has 1 saturated heterocycles. The molecule has 0 atom stereocenters. The van der Waals surface area contributed by atoms with Crippen LogP contribution in [0.25, 0.3) is 5.70 Å². The number of rotatable bonds is 8. The SMILES string of the molecule is C=C(Nc1ccccc1NC(=O)C1CCN(Cc2ccoc2)CC1)c1ccc(OC)cc1. The van der Waals surface area contributed by atoms with Gasteiger partial charge in [0.05, 0.1) is 31.0 Å². The molecule has 6 nitrogen and oxygen atoms in total. The third-order valence-corrected chi connectivity index (χ3v) is 5.85. The summed E-state index contributed by atoms with van der Waals surface area (Å²) in [5, 5.41) is 6.46. The van der Waals surface area contributed by atoms with Crippen molar-refractivity contribution in [2.24, 2.45) is 5.92 Å². The van der Waals surface area contributed by atoms with Crippen LogP contribution in [0.1, 0.15) is 24.0 Å². The fourth-order valence-corrected chi connectivity index (χ4v) is 3.96. The zero-order valence-electron chi connectivity index (χ0n) is 18.3. The maximum Gasteiger partial charge on any atom is 0.227 e. The Hall–Kier alpha value is -3.51. The van der Waals surface area contributed by atoms with E-state index in [1.165, 1.54) is 5.56 Å². The van der Waals surface area contributed by atoms with Gasteiger partial charge in [0.25, 0.3) is 0 Å².